The van der Waals surface area contributed by atoms with E-state index in [1.165, 1.54) is 18.4 Å². The van der Waals surface area contributed by atoms with Crippen LogP contribution in [0.15, 0.2) is 41.2 Å². The zero-order valence-electron chi connectivity index (χ0n) is 26.4. The monoisotopic (exact) mass is 599 g/mol. The number of nitrogens with zero attached hydrogens (tertiary/aromatic N) is 1. The van der Waals surface area contributed by atoms with Crippen molar-refractivity contribution in [2.75, 3.05) is 56.7 Å². The Balaban J connectivity index is 1.38. The van der Waals surface area contributed by atoms with Crippen LogP contribution in [0.3, 0.4) is 0 Å². The maximum atomic E-state index is 13.9. The molecule has 0 radical (unpaired) electrons. The molecule has 1 spiro atoms. The fourth-order valence-electron chi connectivity index (χ4n) is 7.34. The van der Waals surface area contributed by atoms with Crippen LogP contribution in [-0.4, -0.2) is 63.4 Å². The number of aromatic amines is 1. The molecular formula is C35H45N5O4. The minimum atomic E-state index is -0.260. The van der Waals surface area contributed by atoms with Gasteiger partial charge in [-0.2, -0.15) is 0 Å². The second kappa shape index (κ2) is 12.7. The number of carbonyl (C=O) groups is 1. The normalized spacial score (nSPS) is 17.6. The van der Waals surface area contributed by atoms with Gasteiger partial charge in [-0.25, -0.2) is 0 Å². The number of aryl methyl sites for hydroxylation is 1. The van der Waals surface area contributed by atoms with Gasteiger partial charge in [-0.15, -0.1) is 0 Å². The Hall–Kier alpha value is -3.82. The topological polar surface area (TPSA) is 108 Å². The molecule has 6 rings (SSSR count). The number of anilines is 2. The average molecular weight is 600 g/mol. The molecule has 3 aliphatic rings. The molecule has 3 aromatic rings. The van der Waals surface area contributed by atoms with Crippen molar-refractivity contribution in [1.29, 1.82) is 0 Å². The summed E-state index contributed by atoms with van der Waals surface area (Å²) in [6.45, 7) is 11.5. The molecule has 2 aromatic carbocycles. The van der Waals surface area contributed by atoms with Gasteiger partial charge in [0.05, 0.1) is 19.2 Å². The van der Waals surface area contributed by atoms with Gasteiger partial charge >= 0.3 is 0 Å². The first kappa shape index (κ1) is 30.2. The molecule has 44 heavy (non-hydrogen) atoms. The van der Waals surface area contributed by atoms with Gasteiger partial charge < -0.3 is 35.3 Å². The molecule has 4 heterocycles. The van der Waals surface area contributed by atoms with Gasteiger partial charge in [0.1, 0.15) is 5.75 Å². The number of ether oxygens (including phenoxy) is 2. The number of H-pyrrole nitrogens is 1. The Kier molecular flexibility index (Phi) is 8.69. The van der Waals surface area contributed by atoms with E-state index in [9.17, 15) is 9.59 Å². The van der Waals surface area contributed by atoms with Crippen molar-refractivity contribution in [2.24, 2.45) is 0 Å². The van der Waals surface area contributed by atoms with E-state index in [0.717, 1.165) is 87.5 Å². The van der Waals surface area contributed by atoms with E-state index in [0.29, 0.717) is 28.6 Å². The van der Waals surface area contributed by atoms with Gasteiger partial charge in [-0.05, 0) is 106 Å². The highest BCUT2D eigenvalue weighted by Crippen LogP contribution is 2.45. The van der Waals surface area contributed by atoms with Crippen molar-refractivity contribution >= 4 is 17.3 Å². The molecule has 0 atom stereocenters. The summed E-state index contributed by atoms with van der Waals surface area (Å²) in [7, 11) is 1.54. The van der Waals surface area contributed by atoms with Crippen molar-refractivity contribution in [3.63, 3.8) is 0 Å². The van der Waals surface area contributed by atoms with Crippen LogP contribution in [0.4, 0.5) is 11.4 Å². The number of nitrogens with one attached hydrogen (secondary N) is 4. The predicted octanol–water partition coefficient (Wildman–Crippen LogP) is 4.65. The van der Waals surface area contributed by atoms with Crippen LogP contribution in [0, 0.1) is 13.8 Å². The minimum absolute atomic E-state index is 0.0664. The first-order valence-electron chi connectivity index (χ1n) is 16.0. The number of fused-ring (bicyclic) bond motifs is 2. The molecule has 0 saturated carbocycles. The fraction of sp³-hybridized carbons (Fsp3) is 0.486. The summed E-state index contributed by atoms with van der Waals surface area (Å²) in [6.07, 6.45) is 4.18. The van der Waals surface area contributed by atoms with E-state index >= 15 is 0 Å². The molecule has 234 valence electrons. The third-order valence-electron chi connectivity index (χ3n) is 9.89. The van der Waals surface area contributed by atoms with Crippen molar-refractivity contribution in [3.05, 3.63) is 74.7 Å². The SMILES string of the molecule is CCN(c1cc(-c2ccc3c(c2)NCC32CCOCC2)cc(C(=O)NCc2c(OC)cc(C)[nH]c2=O)c1C)C1CCNCC1. The quantitative estimate of drug-likeness (QED) is 0.299. The third-order valence-corrected chi connectivity index (χ3v) is 9.89. The lowest BCUT2D eigenvalue weighted by Gasteiger charge is -2.37. The molecule has 0 unspecified atom stereocenters. The first-order valence-corrected chi connectivity index (χ1v) is 16.0. The number of aromatic nitrogens is 1. The van der Waals surface area contributed by atoms with Crippen molar-refractivity contribution in [2.45, 2.75) is 64.5 Å². The van der Waals surface area contributed by atoms with E-state index in [4.69, 9.17) is 9.47 Å². The van der Waals surface area contributed by atoms with Gasteiger partial charge in [-0.1, -0.05) is 12.1 Å². The average Bonchev–Trinajstić information content (AvgIpc) is 3.38. The van der Waals surface area contributed by atoms with Gasteiger partial charge in [-0.3, -0.25) is 9.59 Å². The molecule has 3 aliphatic heterocycles. The maximum Gasteiger partial charge on any atom is 0.256 e. The standard InChI is InChI=1S/C35H45N5O4/c1-5-40(26-8-12-36-13-9-26)31-19-25(24-6-7-29-30(18-24)38-21-35(29)10-14-44-15-11-35)17-27(23(31)3)33(41)37-20-28-32(43-4)16-22(2)39-34(28)42/h6-7,16-19,26,36,38H,5,8-15,20-21H2,1-4H3,(H,37,41)(H,39,42). The summed E-state index contributed by atoms with van der Waals surface area (Å²) in [5.41, 5.74) is 8.26. The molecule has 1 amide bonds. The van der Waals surface area contributed by atoms with Crippen LogP contribution in [0.1, 0.15) is 65.3 Å². The van der Waals surface area contributed by atoms with E-state index < -0.39 is 0 Å². The van der Waals surface area contributed by atoms with Crippen molar-refractivity contribution in [1.82, 2.24) is 15.6 Å². The van der Waals surface area contributed by atoms with E-state index in [1.807, 2.05) is 19.9 Å². The first-order chi connectivity index (χ1) is 21.3. The molecule has 2 saturated heterocycles. The predicted molar refractivity (Wildman–Crippen MR) is 175 cm³/mol. The number of rotatable bonds is 8. The molecule has 0 aliphatic carbocycles. The Morgan fingerprint density at radius 1 is 1.09 bits per heavy atom. The lowest BCUT2D eigenvalue weighted by atomic mass is 9.75. The number of benzene rings is 2. The van der Waals surface area contributed by atoms with Gasteiger partial charge in [0.2, 0.25) is 0 Å². The van der Waals surface area contributed by atoms with Crippen LogP contribution in [0.25, 0.3) is 11.1 Å². The molecule has 9 nitrogen and oxygen atoms in total. The van der Waals surface area contributed by atoms with Crippen molar-refractivity contribution < 1.29 is 14.3 Å². The van der Waals surface area contributed by atoms with E-state index in [-0.39, 0.29) is 23.4 Å². The number of carbonyl (C=O) groups excluding carboxylic acids is 1. The Bertz CT molecular complexity index is 1590. The smallest absolute Gasteiger partial charge is 0.256 e. The number of amides is 1. The van der Waals surface area contributed by atoms with Gasteiger partial charge in [0, 0.05) is 60.4 Å². The van der Waals surface area contributed by atoms with E-state index in [1.54, 1.807) is 6.07 Å². The Morgan fingerprint density at radius 3 is 2.59 bits per heavy atom. The highest BCUT2D eigenvalue weighted by atomic mass is 16.5. The largest absolute Gasteiger partial charge is 0.496 e. The highest BCUT2D eigenvalue weighted by molar-refractivity contribution is 5.99. The molecule has 0 bridgehead atoms. The Morgan fingerprint density at radius 2 is 1.86 bits per heavy atom. The lowest BCUT2D eigenvalue weighted by molar-refractivity contribution is 0.0567. The summed E-state index contributed by atoms with van der Waals surface area (Å²) in [4.78, 5) is 31.9. The number of pyridine rings is 1. The minimum Gasteiger partial charge on any atom is -0.496 e. The zero-order valence-corrected chi connectivity index (χ0v) is 26.4. The fourth-order valence-corrected chi connectivity index (χ4v) is 7.34. The molecule has 4 N–H and O–H groups in total. The summed E-state index contributed by atoms with van der Waals surface area (Å²) < 4.78 is 11.1. The van der Waals surface area contributed by atoms with Crippen LogP contribution in [-0.2, 0) is 16.7 Å². The van der Waals surface area contributed by atoms with Crippen LogP contribution >= 0.6 is 0 Å². The lowest BCUT2D eigenvalue weighted by Crippen LogP contribution is -2.43. The summed E-state index contributed by atoms with van der Waals surface area (Å²) >= 11 is 0. The summed E-state index contributed by atoms with van der Waals surface area (Å²) in [5.74, 6) is 0.253. The van der Waals surface area contributed by atoms with Crippen molar-refractivity contribution in [3.8, 4) is 16.9 Å². The Labute approximate surface area is 259 Å². The van der Waals surface area contributed by atoms with Crippen LogP contribution in [0.2, 0.25) is 0 Å². The summed E-state index contributed by atoms with van der Waals surface area (Å²) in [6, 6.07) is 13.2. The van der Waals surface area contributed by atoms with Crippen LogP contribution < -0.4 is 31.1 Å². The highest BCUT2D eigenvalue weighted by Gasteiger charge is 2.40. The molecule has 2 fully saturated rings. The molecular weight excluding hydrogens is 554 g/mol. The second-order valence-corrected chi connectivity index (χ2v) is 12.5. The van der Waals surface area contributed by atoms with Crippen LogP contribution in [0.5, 0.6) is 5.75 Å². The number of hydrogen-bond acceptors (Lipinski definition) is 7. The number of methoxy groups -OCH3 is 1. The number of piperidine rings is 1. The summed E-state index contributed by atoms with van der Waals surface area (Å²) in [5, 5.41) is 10.2. The molecule has 1 aromatic heterocycles. The van der Waals surface area contributed by atoms with E-state index in [2.05, 4.69) is 57.0 Å². The second-order valence-electron chi connectivity index (χ2n) is 12.5. The molecule has 9 heteroatoms. The van der Waals surface area contributed by atoms with Gasteiger partial charge in [0.15, 0.2) is 0 Å². The zero-order chi connectivity index (χ0) is 30.8. The van der Waals surface area contributed by atoms with Gasteiger partial charge in [0.25, 0.3) is 11.5 Å². The number of hydrogen-bond donors (Lipinski definition) is 4. The third kappa shape index (κ3) is 5.71. The maximum absolute atomic E-state index is 13.9.